The number of sulfonamides is 1. The molecule has 0 spiro atoms. The largest absolute Gasteiger partial charge is 0.497 e. The molecule has 0 saturated carbocycles. The first-order chi connectivity index (χ1) is 16.0. The average molecular weight is 495 g/mol. The lowest BCUT2D eigenvalue weighted by atomic mass is 9.89. The second-order valence-corrected chi connectivity index (χ2v) is 10.9. The summed E-state index contributed by atoms with van der Waals surface area (Å²) in [7, 11) is -2.57. The molecule has 2 aromatic carbocycles. The van der Waals surface area contributed by atoms with Gasteiger partial charge in [-0.15, -0.1) is 0 Å². The number of hydrogen-bond donors (Lipinski definition) is 4. The molecule has 34 heavy (non-hydrogen) atoms. The van der Waals surface area contributed by atoms with Gasteiger partial charge >= 0.3 is 6.09 Å². The minimum Gasteiger partial charge on any atom is -0.497 e. The number of methoxy groups -OCH3 is 1. The van der Waals surface area contributed by atoms with Crippen molar-refractivity contribution in [3.63, 3.8) is 0 Å². The van der Waals surface area contributed by atoms with Crippen LogP contribution in [0.3, 0.4) is 0 Å². The average Bonchev–Trinajstić information content (AvgIpc) is 2.78. The number of aliphatic hydroxyl groups is 2. The van der Waals surface area contributed by atoms with E-state index in [-0.39, 0.29) is 31.0 Å². The molecule has 2 atom stereocenters. The number of amides is 1. The molecule has 0 heterocycles. The molecule has 9 nitrogen and oxygen atoms in total. The molecule has 0 aromatic heterocycles. The van der Waals surface area contributed by atoms with Crippen LogP contribution in [-0.4, -0.2) is 73.1 Å². The van der Waals surface area contributed by atoms with E-state index in [2.05, 4.69) is 5.32 Å². The van der Waals surface area contributed by atoms with Crippen LogP contribution in [0, 0.1) is 5.41 Å². The number of benzene rings is 2. The zero-order valence-electron chi connectivity index (χ0n) is 19.7. The molecular formula is C24H34N2O7S. The first kappa shape index (κ1) is 27.6. The Morgan fingerprint density at radius 1 is 1.12 bits per heavy atom. The molecule has 0 radical (unpaired) electrons. The normalized spacial score (nSPS) is 13.9. The number of carbonyl (C=O) groups is 1. The van der Waals surface area contributed by atoms with Gasteiger partial charge in [-0.25, -0.2) is 13.2 Å². The van der Waals surface area contributed by atoms with Crippen molar-refractivity contribution in [2.45, 2.75) is 43.7 Å². The Morgan fingerprint density at radius 3 is 2.26 bits per heavy atom. The SMILES string of the molecule is COc1ccc(S(=O)(=O)N(C[C@H](O)[C@H](Cc2ccccc2)NC(=O)O)CC(C)(C)CCO)cc1. The molecule has 0 fully saturated rings. The van der Waals surface area contributed by atoms with Gasteiger partial charge in [0, 0.05) is 19.7 Å². The van der Waals surface area contributed by atoms with Gasteiger partial charge in [0.05, 0.1) is 24.2 Å². The number of ether oxygens (including phenoxy) is 1. The molecule has 0 aliphatic heterocycles. The summed E-state index contributed by atoms with van der Waals surface area (Å²) in [5.74, 6) is 0.500. The van der Waals surface area contributed by atoms with Crippen LogP contribution in [-0.2, 0) is 16.4 Å². The molecule has 0 aliphatic carbocycles. The van der Waals surface area contributed by atoms with E-state index in [1.54, 1.807) is 24.3 Å². The Morgan fingerprint density at radius 2 is 1.74 bits per heavy atom. The van der Waals surface area contributed by atoms with Crippen LogP contribution in [0.15, 0.2) is 59.5 Å². The molecule has 2 rings (SSSR count). The summed E-state index contributed by atoms with van der Waals surface area (Å²) in [6, 6.07) is 14.0. The lowest BCUT2D eigenvalue weighted by molar-refractivity contribution is 0.0877. The molecule has 0 aliphatic rings. The van der Waals surface area contributed by atoms with E-state index in [1.165, 1.54) is 31.4 Å². The fourth-order valence-corrected chi connectivity index (χ4v) is 5.30. The van der Waals surface area contributed by atoms with Crippen LogP contribution in [0.4, 0.5) is 4.79 Å². The van der Waals surface area contributed by atoms with Gasteiger partial charge in [-0.1, -0.05) is 44.2 Å². The molecule has 1 amide bonds. The summed E-state index contributed by atoms with van der Waals surface area (Å²) in [5, 5.41) is 32.0. The van der Waals surface area contributed by atoms with Gasteiger partial charge < -0.3 is 25.4 Å². The van der Waals surface area contributed by atoms with Crippen molar-refractivity contribution >= 4 is 16.1 Å². The van der Waals surface area contributed by atoms with Crippen molar-refractivity contribution in [2.24, 2.45) is 5.41 Å². The number of aliphatic hydroxyl groups excluding tert-OH is 2. The zero-order valence-corrected chi connectivity index (χ0v) is 20.5. The van der Waals surface area contributed by atoms with Crippen LogP contribution in [0.25, 0.3) is 0 Å². The predicted octanol–water partition coefficient (Wildman–Crippen LogP) is 2.33. The number of hydrogen-bond acceptors (Lipinski definition) is 6. The maximum atomic E-state index is 13.5. The second-order valence-electron chi connectivity index (χ2n) is 8.92. The maximum absolute atomic E-state index is 13.5. The van der Waals surface area contributed by atoms with E-state index >= 15 is 0 Å². The van der Waals surface area contributed by atoms with Crippen molar-refractivity contribution in [3.05, 3.63) is 60.2 Å². The fraction of sp³-hybridized carbons (Fsp3) is 0.458. The van der Waals surface area contributed by atoms with Crippen LogP contribution in [0.1, 0.15) is 25.8 Å². The number of rotatable bonds is 13. The van der Waals surface area contributed by atoms with Gasteiger partial charge in [-0.3, -0.25) is 0 Å². The minimum atomic E-state index is -4.05. The van der Waals surface area contributed by atoms with E-state index in [0.29, 0.717) is 12.2 Å². The van der Waals surface area contributed by atoms with Crippen LogP contribution >= 0.6 is 0 Å². The Labute approximate surface area is 201 Å². The van der Waals surface area contributed by atoms with E-state index in [4.69, 9.17) is 4.74 Å². The van der Waals surface area contributed by atoms with Crippen molar-refractivity contribution < 1.29 is 33.3 Å². The Hall–Kier alpha value is -2.66. The van der Waals surface area contributed by atoms with E-state index < -0.39 is 33.7 Å². The molecule has 0 bridgehead atoms. The molecule has 188 valence electrons. The van der Waals surface area contributed by atoms with Gasteiger partial charge in [0.25, 0.3) is 0 Å². The lowest BCUT2D eigenvalue weighted by Gasteiger charge is -2.34. The third kappa shape index (κ3) is 7.98. The second kappa shape index (κ2) is 12.2. The molecule has 0 unspecified atom stereocenters. The quantitative estimate of drug-likeness (QED) is 0.335. The van der Waals surface area contributed by atoms with Crippen molar-refractivity contribution in [2.75, 3.05) is 26.8 Å². The standard InChI is InChI=1S/C24H34N2O7S/c1-24(2,13-14-27)17-26(34(31,32)20-11-9-19(33-3)10-12-20)16-22(28)21(25-23(29)30)15-18-7-5-4-6-8-18/h4-12,21-22,25,27-28H,13-17H2,1-3H3,(H,29,30)/t21-,22-/m0/s1. The molecule has 10 heteroatoms. The predicted molar refractivity (Wildman–Crippen MR) is 128 cm³/mol. The first-order valence-corrected chi connectivity index (χ1v) is 12.4. The van der Waals surface area contributed by atoms with Crippen LogP contribution in [0.5, 0.6) is 5.75 Å². The van der Waals surface area contributed by atoms with Crippen LogP contribution in [0.2, 0.25) is 0 Å². The highest BCUT2D eigenvalue weighted by Gasteiger charge is 2.34. The molecule has 2 aromatic rings. The Bertz CT molecular complexity index is 1010. The third-order valence-corrected chi connectivity index (χ3v) is 7.38. The number of nitrogens with one attached hydrogen (secondary N) is 1. The van der Waals surface area contributed by atoms with Crippen molar-refractivity contribution in [3.8, 4) is 5.75 Å². The number of nitrogens with zero attached hydrogens (tertiary/aromatic N) is 1. The van der Waals surface area contributed by atoms with Gasteiger partial charge in [-0.05, 0) is 48.1 Å². The summed E-state index contributed by atoms with van der Waals surface area (Å²) in [6.45, 7) is 3.21. The monoisotopic (exact) mass is 494 g/mol. The van der Waals surface area contributed by atoms with Gasteiger partial charge in [0.15, 0.2) is 0 Å². The molecule has 4 N–H and O–H groups in total. The van der Waals surface area contributed by atoms with Crippen molar-refractivity contribution in [1.82, 2.24) is 9.62 Å². The number of carboxylic acid groups (broad SMARTS) is 1. The van der Waals surface area contributed by atoms with Gasteiger partial charge in [0.2, 0.25) is 10.0 Å². The zero-order chi connectivity index (χ0) is 25.4. The first-order valence-electron chi connectivity index (χ1n) is 10.9. The van der Waals surface area contributed by atoms with Gasteiger partial charge in [0.1, 0.15) is 5.75 Å². The molecular weight excluding hydrogens is 460 g/mol. The smallest absolute Gasteiger partial charge is 0.404 e. The van der Waals surface area contributed by atoms with E-state index in [1.807, 2.05) is 19.9 Å². The molecule has 0 saturated heterocycles. The van der Waals surface area contributed by atoms with Gasteiger partial charge in [-0.2, -0.15) is 4.31 Å². The Balaban J connectivity index is 2.36. The highest BCUT2D eigenvalue weighted by Crippen LogP contribution is 2.27. The summed E-state index contributed by atoms with van der Waals surface area (Å²) in [6.07, 6.45) is -2.11. The highest BCUT2D eigenvalue weighted by molar-refractivity contribution is 7.89. The Kier molecular flexibility index (Phi) is 9.87. The lowest BCUT2D eigenvalue weighted by Crippen LogP contribution is -2.51. The minimum absolute atomic E-state index is 0.0180. The summed E-state index contributed by atoms with van der Waals surface area (Å²) >= 11 is 0. The topological polar surface area (TPSA) is 136 Å². The summed E-state index contributed by atoms with van der Waals surface area (Å²) in [5.41, 5.74) is 0.203. The van der Waals surface area contributed by atoms with Crippen molar-refractivity contribution in [1.29, 1.82) is 0 Å². The highest BCUT2D eigenvalue weighted by atomic mass is 32.2. The van der Waals surface area contributed by atoms with Crippen LogP contribution < -0.4 is 10.1 Å². The van der Waals surface area contributed by atoms with E-state index in [0.717, 1.165) is 9.87 Å². The fourth-order valence-electron chi connectivity index (χ4n) is 3.65. The summed E-state index contributed by atoms with van der Waals surface area (Å²) in [4.78, 5) is 11.4. The summed E-state index contributed by atoms with van der Waals surface area (Å²) < 4.78 is 33.3. The maximum Gasteiger partial charge on any atom is 0.404 e. The third-order valence-electron chi connectivity index (χ3n) is 5.55. The van der Waals surface area contributed by atoms with E-state index in [9.17, 15) is 28.5 Å².